The molecule has 1 saturated heterocycles. The zero-order valence-corrected chi connectivity index (χ0v) is 19.2. The fourth-order valence-corrected chi connectivity index (χ4v) is 3.49. The Kier molecular flexibility index (Phi) is 7.98. The lowest BCUT2D eigenvalue weighted by molar-refractivity contribution is 0.0528. The van der Waals surface area contributed by atoms with E-state index in [1.165, 1.54) is 0 Å². The topological polar surface area (TPSA) is 71.1 Å². The number of alkyl carbamates (subject to hydrolysis) is 1. The second kappa shape index (κ2) is 10.9. The average Bonchev–Trinajstić information content (AvgIpc) is 2.77. The molecule has 0 bridgehead atoms. The van der Waals surface area contributed by atoms with Crippen molar-refractivity contribution in [3.8, 4) is 0 Å². The molecule has 0 unspecified atom stereocenters. The van der Waals surface area contributed by atoms with Gasteiger partial charge in [-0.1, -0.05) is 42.5 Å². The lowest BCUT2D eigenvalue weighted by atomic mass is 10.1. The zero-order valence-electron chi connectivity index (χ0n) is 19.2. The van der Waals surface area contributed by atoms with E-state index >= 15 is 0 Å². The highest BCUT2D eigenvalue weighted by Crippen LogP contribution is 2.19. The second-order valence-electron chi connectivity index (χ2n) is 8.86. The van der Waals surface area contributed by atoms with Crippen LogP contribution in [0.3, 0.4) is 0 Å². The Labute approximate surface area is 190 Å². The van der Waals surface area contributed by atoms with Crippen LogP contribution in [-0.4, -0.2) is 55.4 Å². The number of amides is 2. The SMILES string of the molecule is CC(C)(C)OC(=O)NCCc1cccc(N2CCN(C(=O)OCc3ccccc3)CC2)c1. The second-order valence-corrected chi connectivity index (χ2v) is 8.86. The molecule has 0 atom stereocenters. The number of rotatable bonds is 6. The van der Waals surface area contributed by atoms with Gasteiger partial charge in [-0.05, 0) is 50.5 Å². The quantitative estimate of drug-likeness (QED) is 0.730. The first-order valence-electron chi connectivity index (χ1n) is 11.1. The molecule has 0 spiro atoms. The summed E-state index contributed by atoms with van der Waals surface area (Å²) in [6.45, 7) is 9.09. The van der Waals surface area contributed by atoms with Crippen molar-refractivity contribution < 1.29 is 19.1 Å². The van der Waals surface area contributed by atoms with Gasteiger partial charge in [0.05, 0.1) is 0 Å². The summed E-state index contributed by atoms with van der Waals surface area (Å²) in [7, 11) is 0. The predicted molar refractivity (Wildman–Crippen MR) is 125 cm³/mol. The summed E-state index contributed by atoms with van der Waals surface area (Å²) >= 11 is 0. The van der Waals surface area contributed by atoms with Crippen LogP contribution in [0.25, 0.3) is 0 Å². The van der Waals surface area contributed by atoms with E-state index < -0.39 is 11.7 Å². The lowest BCUT2D eigenvalue weighted by Gasteiger charge is -2.35. The summed E-state index contributed by atoms with van der Waals surface area (Å²) < 4.78 is 10.7. The Morgan fingerprint density at radius 2 is 1.62 bits per heavy atom. The van der Waals surface area contributed by atoms with Crippen LogP contribution < -0.4 is 10.2 Å². The van der Waals surface area contributed by atoms with E-state index in [9.17, 15) is 9.59 Å². The van der Waals surface area contributed by atoms with E-state index in [1.807, 2.05) is 57.2 Å². The smallest absolute Gasteiger partial charge is 0.410 e. The van der Waals surface area contributed by atoms with Gasteiger partial charge in [-0.3, -0.25) is 0 Å². The third-order valence-corrected chi connectivity index (χ3v) is 5.10. The third kappa shape index (κ3) is 7.48. The Morgan fingerprint density at radius 3 is 2.31 bits per heavy atom. The fraction of sp³-hybridized carbons (Fsp3) is 0.440. The number of ether oxygens (including phenoxy) is 2. The molecule has 0 aromatic heterocycles. The normalized spacial score (nSPS) is 14.1. The molecular weight excluding hydrogens is 406 g/mol. The molecule has 0 saturated carbocycles. The monoisotopic (exact) mass is 439 g/mol. The van der Waals surface area contributed by atoms with Gasteiger partial charge in [-0.2, -0.15) is 0 Å². The van der Waals surface area contributed by atoms with E-state index in [1.54, 1.807) is 4.90 Å². The maximum absolute atomic E-state index is 12.4. The molecule has 1 aliphatic heterocycles. The van der Waals surface area contributed by atoms with Crippen molar-refractivity contribution in [2.24, 2.45) is 0 Å². The molecule has 0 radical (unpaired) electrons. The first-order valence-corrected chi connectivity index (χ1v) is 11.1. The van der Waals surface area contributed by atoms with Gasteiger partial charge in [-0.25, -0.2) is 9.59 Å². The van der Waals surface area contributed by atoms with Crippen LogP contribution in [0.1, 0.15) is 31.9 Å². The molecule has 0 aliphatic carbocycles. The molecule has 7 heteroatoms. The van der Waals surface area contributed by atoms with Crippen LogP contribution in [0.5, 0.6) is 0 Å². The Balaban J connectivity index is 1.43. The molecule has 172 valence electrons. The van der Waals surface area contributed by atoms with Gasteiger partial charge in [0.2, 0.25) is 0 Å². The van der Waals surface area contributed by atoms with Crippen LogP contribution >= 0.6 is 0 Å². The van der Waals surface area contributed by atoms with Crippen molar-refractivity contribution in [2.75, 3.05) is 37.6 Å². The van der Waals surface area contributed by atoms with E-state index in [-0.39, 0.29) is 6.09 Å². The molecule has 32 heavy (non-hydrogen) atoms. The first-order chi connectivity index (χ1) is 15.3. The van der Waals surface area contributed by atoms with Gasteiger partial charge in [0.25, 0.3) is 0 Å². The highest BCUT2D eigenvalue weighted by atomic mass is 16.6. The van der Waals surface area contributed by atoms with Gasteiger partial charge in [0, 0.05) is 38.4 Å². The van der Waals surface area contributed by atoms with Crippen molar-refractivity contribution >= 4 is 17.9 Å². The molecule has 1 fully saturated rings. The molecule has 3 rings (SSSR count). The summed E-state index contributed by atoms with van der Waals surface area (Å²) in [5.41, 5.74) is 2.75. The van der Waals surface area contributed by atoms with Gasteiger partial charge in [0.1, 0.15) is 12.2 Å². The lowest BCUT2D eigenvalue weighted by Crippen LogP contribution is -2.49. The number of nitrogens with zero attached hydrogens (tertiary/aromatic N) is 2. The minimum atomic E-state index is -0.500. The van der Waals surface area contributed by atoms with Crippen molar-refractivity contribution in [3.05, 3.63) is 65.7 Å². The Morgan fingerprint density at radius 1 is 0.938 bits per heavy atom. The summed E-state index contributed by atoms with van der Waals surface area (Å²) in [5.74, 6) is 0. The summed E-state index contributed by atoms with van der Waals surface area (Å²) in [6.07, 6.45) is 0.0539. The Hall–Kier alpha value is -3.22. The van der Waals surface area contributed by atoms with Crippen LogP contribution in [0.4, 0.5) is 15.3 Å². The molecular formula is C25H33N3O4. The maximum atomic E-state index is 12.4. The molecule has 7 nitrogen and oxygen atoms in total. The molecule has 2 aromatic rings. The highest BCUT2D eigenvalue weighted by Gasteiger charge is 2.22. The zero-order chi connectivity index (χ0) is 23.0. The van der Waals surface area contributed by atoms with E-state index in [0.717, 1.165) is 36.3 Å². The summed E-state index contributed by atoms with van der Waals surface area (Å²) in [4.78, 5) is 28.2. The van der Waals surface area contributed by atoms with Crippen LogP contribution in [0.15, 0.2) is 54.6 Å². The van der Waals surface area contributed by atoms with Gasteiger partial charge >= 0.3 is 12.2 Å². The first kappa shape index (κ1) is 23.4. The van der Waals surface area contributed by atoms with Crippen molar-refractivity contribution in [3.63, 3.8) is 0 Å². The molecule has 1 heterocycles. The van der Waals surface area contributed by atoms with Crippen molar-refractivity contribution in [2.45, 2.75) is 39.4 Å². The van der Waals surface area contributed by atoms with Crippen molar-refractivity contribution in [1.29, 1.82) is 0 Å². The Bertz CT molecular complexity index is 888. The molecule has 1 aliphatic rings. The number of carbonyl (C=O) groups is 2. The largest absolute Gasteiger partial charge is 0.445 e. The summed E-state index contributed by atoms with van der Waals surface area (Å²) in [6, 6.07) is 18.0. The van der Waals surface area contributed by atoms with Gasteiger partial charge in [0.15, 0.2) is 0 Å². The number of nitrogens with one attached hydrogen (secondary N) is 1. The van der Waals surface area contributed by atoms with Crippen LogP contribution in [0.2, 0.25) is 0 Å². The highest BCUT2D eigenvalue weighted by molar-refractivity contribution is 5.68. The van der Waals surface area contributed by atoms with Crippen LogP contribution in [-0.2, 0) is 22.5 Å². The third-order valence-electron chi connectivity index (χ3n) is 5.10. The molecule has 2 amide bonds. The standard InChI is InChI=1S/C25H33N3O4/c1-25(2,3)32-23(29)26-13-12-20-10-7-11-22(18-20)27-14-16-28(17-15-27)24(30)31-19-21-8-5-4-6-9-21/h4-11,18H,12-17,19H2,1-3H3,(H,26,29). The summed E-state index contributed by atoms with van der Waals surface area (Å²) in [5, 5.41) is 2.80. The predicted octanol–water partition coefficient (Wildman–Crippen LogP) is 4.21. The number of hydrogen-bond donors (Lipinski definition) is 1. The number of anilines is 1. The number of hydrogen-bond acceptors (Lipinski definition) is 5. The fourth-order valence-electron chi connectivity index (χ4n) is 3.49. The van der Waals surface area contributed by atoms with Crippen LogP contribution in [0, 0.1) is 0 Å². The van der Waals surface area contributed by atoms with Crippen molar-refractivity contribution in [1.82, 2.24) is 10.2 Å². The average molecular weight is 440 g/mol. The number of carbonyl (C=O) groups excluding carboxylic acids is 2. The van der Waals surface area contributed by atoms with E-state index in [0.29, 0.717) is 26.2 Å². The van der Waals surface area contributed by atoms with Gasteiger partial charge in [-0.15, -0.1) is 0 Å². The number of benzene rings is 2. The minimum absolute atomic E-state index is 0.268. The van der Waals surface area contributed by atoms with E-state index in [4.69, 9.17) is 9.47 Å². The maximum Gasteiger partial charge on any atom is 0.410 e. The molecule has 1 N–H and O–H groups in total. The van der Waals surface area contributed by atoms with Gasteiger partial charge < -0.3 is 24.6 Å². The number of piperazine rings is 1. The molecule has 2 aromatic carbocycles. The van der Waals surface area contributed by atoms with E-state index in [2.05, 4.69) is 28.4 Å². The minimum Gasteiger partial charge on any atom is -0.445 e.